The van der Waals surface area contributed by atoms with E-state index in [0.29, 0.717) is 37.5 Å². The number of rotatable bonds is 3. The van der Waals surface area contributed by atoms with E-state index < -0.39 is 11.7 Å². The summed E-state index contributed by atoms with van der Waals surface area (Å²) in [5.74, 6) is -0.400. The molecule has 1 aromatic heterocycles. The van der Waals surface area contributed by atoms with E-state index in [-0.39, 0.29) is 29.8 Å². The standard InChI is InChI=1S/C25H32FN3O4S/c1-16-21(17-7-5-9-19(26)13-17)32-12-11-29(16)23(30)20-15-34-22(27-20)18-8-6-10-28(14-18)24(31)33-25(2,3)4/h5,7,9,13,15-16,18,21H,6,8,10-12,14H2,1-4H3/t16-,18?,21+/m1/s1. The van der Waals surface area contributed by atoms with Gasteiger partial charge in [0.05, 0.1) is 17.7 Å². The fraction of sp³-hybridized carbons (Fsp3) is 0.560. The molecule has 2 amide bonds. The van der Waals surface area contributed by atoms with Gasteiger partial charge in [0.25, 0.3) is 5.91 Å². The lowest BCUT2D eigenvalue weighted by atomic mass is 9.99. The molecule has 34 heavy (non-hydrogen) atoms. The zero-order valence-corrected chi connectivity index (χ0v) is 20.9. The number of hydrogen-bond donors (Lipinski definition) is 0. The number of thiazole rings is 1. The molecule has 4 rings (SSSR count). The Labute approximate surface area is 203 Å². The number of hydrogen-bond acceptors (Lipinski definition) is 6. The van der Waals surface area contributed by atoms with Gasteiger partial charge >= 0.3 is 6.09 Å². The zero-order valence-electron chi connectivity index (χ0n) is 20.1. The maximum atomic E-state index is 13.7. The predicted octanol–water partition coefficient (Wildman–Crippen LogP) is 5.00. The molecule has 0 N–H and O–H groups in total. The van der Waals surface area contributed by atoms with Gasteiger partial charge in [0, 0.05) is 30.9 Å². The van der Waals surface area contributed by atoms with Gasteiger partial charge in [0.15, 0.2) is 0 Å². The fourth-order valence-corrected chi connectivity index (χ4v) is 5.44. The third-order valence-electron chi connectivity index (χ3n) is 6.16. The molecule has 184 valence electrons. The molecule has 2 aliphatic heterocycles. The molecule has 0 bridgehead atoms. The van der Waals surface area contributed by atoms with Crippen LogP contribution in [0.25, 0.3) is 0 Å². The summed E-state index contributed by atoms with van der Waals surface area (Å²) in [4.78, 5) is 34.0. The minimum absolute atomic E-state index is 0.0787. The quantitative estimate of drug-likeness (QED) is 0.607. The van der Waals surface area contributed by atoms with Crippen molar-refractivity contribution in [1.29, 1.82) is 0 Å². The second kappa shape index (κ2) is 10.00. The van der Waals surface area contributed by atoms with Crippen LogP contribution in [0.4, 0.5) is 9.18 Å². The summed E-state index contributed by atoms with van der Waals surface area (Å²) in [6.07, 6.45) is 1.07. The lowest BCUT2D eigenvalue weighted by Gasteiger charge is -2.39. The Morgan fingerprint density at radius 3 is 2.79 bits per heavy atom. The van der Waals surface area contributed by atoms with E-state index in [1.165, 1.54) is 23.5 Å². The third kappa shape index (κ3) is 5.58. The van der Waals surface area contributed by atoms with Crippen LogP contribution in [0, 0.1) is 5.82 Å². The van der Waals surface area contributed by atoms with Crippen LogP contribution in [0.2, 0.25) is 0 Å². The van der Waals surface area contributed by atoms with Gasteiger partial charge in [0.1, 0.15) is 23.2 Å². The maximum Gasteiger partial charge on any atom is 0.410 e. The Kier molecular flexibility index (Phi) is 7.23. The molecule has 3 atom stereocenters. The molecule has 1 aromatic carbocycles. The van der Waals surface area contributed by atoms with Crippen molar-refractivity contribution in [3.8, 4) is 0 Å². The van der Waals surface area contributed by atoms with E-state index >= 15 is 0 Å². The van der Waals surface area contributed by atoms with Gasteiger partial charge in [-0.05, 0) is 58.2 Å². The Hall–Kier alpha value is -2.52. The topological polar surface area (TPSA) is 72.0 Å². The van der Waals surface area contributed by atoms with Gasteiger partial charge in [-0.1, -0.05) is 12.1 Å². The minimum atomic E-state index is -0.539. The van der Waals surface area contributed by atoms with Crippen LogP contribution in [0.5, 0.6) is 0 Å². The molecule has 3 heterocycles. The lowest BCUT2D eigenvalue weighted by molar-refractivity contribution is -0.0554. The van der Waals surface area contributed by atoms with Crippen LogP contribution >= 0.6 is 11.3 Å². The maximum absolute atomic E-state index is 13.7. The molecular formula is C25H32FN3O4S. The molecule has 7 nitrogen and oxygen atoms in total. The molecule has 0 spiro atoms. The number of aromatic nitrogens is 1. The van der Waals surface area contributed by atoms with Crippen molar-refractivity contribution in [1.82, 2.24) is 14.8 Å². The molecule has 0 aliphatic carbocycles. The number of morpholine rings is 1. The van der Waals surface area contributed by atoms with Crippen molar-refractivity contribution in [2.24, 2.45) is 0 Å². The fourth-order valence-electron chi connectivity index (χ4n) is 4.52. The molecular weight excluding hydrogens is 457 g/mol. The summed E-state index contributed by atoms with van der Waals surface area (Å²) in [6, 6.07) is 6.06. The first kappa shape index (κ1) is 24.6. The molecule has 1 unspecified atom stereocenters. The average molecular weight is 490 g/mol. The van der Waals surface area contributed by atoms with Crippen molar-refractivity contribution in [2.45, 2.75) is 64.2 Å². The number of likely N-dealkylation sites (tertiary alicyclic amines) is 1. The average Bonchev–Trinajstić information content (AvgIpc) is 3.28. The van der Waals surface area contributed by atoms with Crippen molar-refractivity contribution in [3.63, 3.8) is 0 Å². The zero-order chi connectivity index (χ0) is 24.5. The van der Waals surface area contributed by atoms with Gasteiger partial charge in [-0.3, -0.25) is 4.79 Å². The number of nitrogens with zero attached hydrogens (tertiary/aromatic N) is 3. The number of ether oxygens (including phenoxy) is 2. The highest BCUT2D eigenvalue weighted by molar-refractivity contribution is 7.09. The number of benzene rings is 1. The summed E-state index contributed by atoms with van der Waals surface area (Å²) >= 11 is 1.46. The first-order chi connectivity index (χ1) is 16.1. The van der Waals surface area contributed by atoms with Crippen LogP contribution in [0.1, 0.15) is 73.6 Å². The Balaban J connectivity index is 1.44. The van der Waals surface area contributed by atoms with Gasteiger partial charge in [-0.15, -0.1) is 11.3 Å². The van der Waals surface area contributed by atoms with Crippen molar-refractivity contribution in [3.05, 3.63) is 51.7 Å². The summed E-state index contributed by atoms with van der Waals surface area (Å²) in [5.41, 5.74) is 0.581. The summed E-state index contributed by atoms with van der Waals surface area (Å²) < 4.78 is 25.1. The molecule has 0 saturated carbocycles. The molecule has 2 aromatic rings. The van der Waals surface area contributed by atoms with Gasteiger partial charge < -0.3 is 19.3 Å². The summed E-state index contributed by atoms with van der Waals surface area (Å²) in [7, 11) is 0. The van der Waals surface area contributed by atoms with Crippen LogP contribution in [-0.2, 0) is 9.47 Å². The van der Waals surface area contributed by atoms with E-state index in [1.807, 2.05) is 33.8 Å². The molecule has 2 saturated heterocycles. The SMILES string of the molecule is C[C@@H]1[C@@H](c2cccc(F)c2)OCCN1C(=O)c1csc(C2CCCN(C(=O)OC(C)(C)C)C2)n1. The van der Waals surface area contributed by atoms with E-state index in [4.69, 9.17) is 9.47 Å². The number of carbonyl (C=O) groups is 2. The second-order valence-electron chi connectivity index (χ2n) is 9.92. The molecule has 2 aliphatic rings. The third-order valence-corrected chi connectivity index (χ3v) is 7.17. The first-order valence-corrected chi connectivity index (χ1v) is 12.6. The largest absolute Gasteiger partial charge is 0.444 e. The van der Waals surface area contributed by atoms with Crippen LogP contribution in [0.3, 0.4) is 0 Å². The minimum Gasteiger partial charge on any atom is -0.444 e. The summed E-state index contributed by atoms with van der Waals surface area (Å²) in [6.45, 7) is 9.51. The van der Waals surface area contributed by atoms with Crippen LogP contribution in [0.15, 0.2) is 29.6 Å². The Morgan fingerprint density at radius 1 is 1.26 bits per heavy atom. The van der Waals surface area contributed by atoms with E-state index in [0.717, 1.165) is 17.8 Å². The van der Waals surface area contributed by atoms with Crippen LogP contribution in [-0.4, -0.2) is 64.7 Å². The van der Waals surface area contributed by atoms with Gasteiger partial charge in [-0.2, -0.15) is 0 Å². The lowest BCUT2D eigenvalue weighted by Crippen LogP contribution is -2.48. The number of amides is 2. The van der Waals surface area contributed by atoms with E-state index in [9.17, 15) is 14.0 Å². The highest BCUT2D eigenvalue weighted by Crippen LogP contribution is 2.32. The predicted molar refractivity (Wildman–Crippen MR) is 127 cm³/mol. The Morgan fingerprint density at radius 2 is 2.06 bits per heavy atom. The number of carbonyl (C=O) groups excluding carboxylic acids is 2. The summed E-state index contributed by atoms with van der Waals surface area (Å²) in [5, 5.41) is 2.66. The monoisotopic (exact) mass is 489 g/mol. The van der Waals surface area contributed by atoms with E-state index in [2.05, 4.69) is 4.98 Å². The van der Waals surface area contributed by atoms with E-state index in [1.54, 1.807) is 21.2 Å². The highest BCUT2D eigenvalue weighted by Gasteiger charge is 2.35. The number of piperidine rings is 1. The van der Waals surface area contributed by atoms with Crippen molar-refractivity contribution in [2.75, 3.05) is 26.2 Å². The molecule has 0 radical (unpaired) electrons. The molecule has 2 fully saturated rings. The van der Waals surface area contributed by atoms with Crippen molar-refractivity contribution >= 4 is 23.3 Å². The number of halogens is 1. The first-order valence-electron chi connectivity index (χ1n) is 11.7. The van der Waals surface area contributed by atoms with Gasteiger partial charge in [0.2, 0.25) is 0 Å². The highest BCUT2D eigenvalue weighted by atomic mass is 32.1. The Bertz CT molecular complexity index is 1040. The second-order valence-corrected chi connectivity index (χ2v) is 10.8. The van der Waals surface area contributed by atoms with Gasteiger partial charge in [-0.25, -0.2) is 14.2 Å². The van der Waals surface area contributed by atoms with Crippen molar-refractivity contribution < 1.29 is 23.5 Å². The normalized spacial score (nSPS) is 23.6. The van der Waals surface area contributed by atoms with Crippen LogP contribution < -0.4 is 0 Å². The molecule has 9 heteroatoms. The smallest absolute Gasteiger partial charge is 0.410 e.